The van der Waals surface area contributed by atoms with Crippen LogP contribution in [0.1, 0.15) is 24.1 Å². The first kappa shape index (κ1) is 18.5. The van der Waals surface area contributed by atoms with Crippen molar-refractivity contribution in [2.24, 2.45) is 0 Å². The van der Waals surface area contributed by atoms with Crippen LogP contribution in [0.4, 0.5) is 5.69 Å². The van der Waals surface area contributed by atoms with Gasteiger partial charge in [-0.2, -0.15) is 0 Å². The van der Waals surface area contributed by atoms with Gasteiger partial charge in [-0.05, 0) is 43.2 Å². The normalized spacial score (nSPS) is 13.5. The zero-order valence-electron chi connectivity index (χ0n) is 14.1. The molecular weight excluding hydrogens is 346 g/mol. The molecule has 0 aliphatic rings. The maximum atomic E-state index is 12.1. The zero-order valence-corrected chi connectivity index (χ0v) is 15.7. The maximum Gasteiger partial charge on any atom is 0.177 e. The number of benzene rings is 2. The predicted molar refractivity (Wildman–Crippen MR) is 95.9 cm³/mol. The second-order valence-corrected chi connectivity index (χ2v) is 9.92. The van der Waals surface area contributed by atoms with Gasteiger partial charge < -0.3 is 5.32 Å². The van der Waals surface area contributed by atoms with Crippen LogP contribution < -0.4 is 5.32 Å². The number of hydrogen-bond donors (Lipinski definition) is 1. The van der Waals surface area contributed by atoms with E-state index in [1.165, 1.54) is 18.2 Å². The average Bonchev–Trinajstić information content (AvgIpc) is 2.45. The summed E-state index contributed by atoms with van der Waals surface area (Å²) in [5.41, 5.74) is 2.52. The smallest absolute Gasteiger partial charge is 0.177 e. The van der Waals surface area contributed by atoms with Crippen LogP contribution in [0.5, 0.6) is 0 Å². The summed E-state index contributed by atoms with van der Waals surface area (Å²) >= 11 is 0. The summed E-state index contributed by atoms with van der Waals surface area (Å²) in [6.07, 6.45) is 2.12. The fraction of sp³-hybridized carbons (Fsp3) is 0.294. The van der Waals surface area contributed by atoms with E-state index in [-0.39, 0.29) is 15.8 Å². The van der Waals surface area contributed by atoms with Crippen molar-refractivity contribution in [1.82, 2.24) is 0 Å². The minimum atomic E-state index is -3.58. The van der Waals surface area contributed by atoms with Crippen LogP contribution in [0.25, 0.3) is 0 Å². The van der Waals surface area contributed by atoms with Gasteiger partial charge in [0.2, 0.25) is 0 Å². The molecule has 0 fully saturated rings. The molecule has 24 heavy (non-hydrogen) atoms. The molecule has 2 aromatic rings. The molecule has 0 saturated heterocycles. The van der Waals surface area contributed by atoms with Crippen molar-refractivity contribution < 1.29 is 16.8 Å². The largest absolute Gasteiger partial charge is 0.377 e. The van der Waals surface area contributed by atoms with Gasteiger partial charge in [0.1, 0.15) is 0 Å². The van der Waals surface area contributed by atoms with Gasteiger partial charge in [0.25, 0.3) is 0 Å². The second kappa shape index (κ2) is 6.57. The Balaban J connectivity index is 2.49. The van der Waals surface area contributed by atoms with Crippen molar-refractivity contribution in [3.05, 3.63) is 53.6 Å². The lowest BCUT2D eigenvalue weighted by Crippen LogP contribution is -2.12. The predicted octanol–water partition coefficient (Wildman–Crippen LogP) is 2.98. The number of anilines is 1. The number of hydrogen-bond acceptors (Lipinski definition) is 5. The number of aryl methyl sites for hydroxylation is 1. The third-order valence-electron chi connectivity index (χ3n) is 3.81. The van der Waals surface area contributed by atoms with E-state index in [1.54, 1.807) is 0 Å². The molecule has 5 nitrogen and oxygen atoms in total. The third-order valence-corrected chi connectivity index (χ3v) is 6.05. The van der Waals surface area contributed by atoms with E-state index < -0.39 is 19.7 Å². The Morgan fingerprint density at radius 2 is 1.54 bits per heavy atom. The van der Waals surface area contributed by atoms with E-state index in [9.17, 15) is 16.8 Å². The van der Waals surface area contributed by atoms with E-state index in [0.717, 1.165) is 23.6 Å². The number of nitrogens with one attached hydrogen (secondary N) is 1. The SMILES string of the molecule is Cc1ccccc1[C@H](C)Nc1ccc(S(C)(=O)=O)cc1S(C)(=O)=O. The summed E-state index contributed by atoms with van der Waals surface area (Å²) in [6, 6.07) is 11.8. The summed E-state index contributed by atoms with van der Waals surface area (Å²) in [5, 5.41) is 3.18. The van der Waals surface area contributed by atoms with Crippen molar-refractivity contribution >= 4 is 25.4 Å². The highest BCUT2D eigenvalue weighted by Gasteiger charge is 2.19. The van der Waals surface area contributed by atoms with Crippen LogP contribution >= 0.6 is 0 Å². The van der Waals surface area contributed by atoms with Gasteiger partial charge >= 0.3 is 0 Å². The number of rotatable bonds is 5. The molecule has 1 N–H and O–H groups in total. The molecule has 0 spiro atoms. The molecule has 0 amide bonds. The van der Waals surface area contributed by atoms with Crippen molar-refractivity contribution in [2.75, 3.05) is 17.8 Å². The minimum absolute atomic E-state index is 0.0166. The van der Waals surface area contributed by atoms with Gasteiger partial charge in [0.15, 0.2) is 19.7 Å². The van der Waals surface area contributed by atoms with Gasteiger partial charge in [0.05, 0.1) is 15.5 Å². The topological polar surface area (TPSA) is 80.3 Å². The molecule has 0 aromatic heterocycles. The minimum Gasteiger partial charge on any atom is -0.377 e. The Bertz CT molecular complexity index is 964. The summed E-state index contributed by atoms with van der Waals surface area (Å²) in [6.45, 7) is 3.91. The van der Waals surface area contributed by atoms with Crippen molar-refractivity contribution in [1.29, 1.82) is 0 Å². The van der Waals surface area contributed by atoms with Crippen LogP contribution in [0.3, 0.4) is 0 Å². The first-order chi connectivity index (χ1) is 11.0. The molecule has 0 aliphatic heterocycles. The average molecular weight is 367 g/mol. The summed E-state index contributed by atoms with van der Waals surface area (Å²) < 4.78 is 47.6. The van der Waals surface area contributed by atoms with Gasteiger partial charge in [-0.1, -0.05) is 24.3 Å². The van der Waals surface area contributed by atoms with Crippen molar-refractivity contribution in [3.8, 4) is 0 Å². The molecule has 2 rings (SSSR count). The zero-order chi connectivity index (χ0) is 18.1. The molecule has 2 aromatic carbocycles. The van der Waals surface area contributed by atoms with Crippen LogP contribution in [0, 0.1) is 6.92 Å². The first-order valence-electron chi connectivity index (χ1n) is 7.36. The highest BCUT2D eigenvalue weighted by atomic mass is 32.2. The lowest BCUT2D eigenvalue weighted by molar-refractivity contribution is 0.600. The standard InChI is InChI=1S/C17H21NO4S2/c1-12-7-5-6-8-15(12)13(2)18-16-10-9-14(23(3,19)20)11-17(16)24(4,21)22/h5-11,13,18H,1-4H3/t13-/m0/s1. The molecule has 0 heterocycles. The molecule has 1 atom stereocenters. The van der Waals surface area contributed by atoms with Crippen LogP contribution in [0.15, 0.2) is 52.3 Å². The van der Waals surface area contributed by atoms with Crippen LogP contribution in [0.2, 0.25) is 0 Å². The Hall–Kier alpha value is -1.86. The molecule has 7 heteroatoms. The van der Waals surface area contributed by atoms with Gasteiger partial charge in [0, 0.05) is 18.6 Å². The summed E-state index contributed by atoms with van der Waals surface area (Å²) in [4.78, 5) is -0.0390. The Kier molecular flexibility index (Phi) is 5.05. The first-order valence-corrected chi connectivity index (χ1v) is 11.1. The number of sulfone groups is 2. The van der Waals surface area contributed by atoms with Gasteiger partial charge in [-0.3, -0.25) is 0 Å². The fourth-order valence-electron chi connectivity index (χ4n) is 2.54. The quantitative estimate of drug-likeness (QED) is 0.879. The Morgan fingerprint density at radius 3 is 2.08 bits per heavy atom. The lowest BCUT2D eigenvalue weighted by Gasteiger charge is -2.20. The molecule has 0 aliphatic carbocycles. The van der Waals surface area contributed by atoms with Crippen molar-refractivity contribution in [2.45, 2.75) is 29.7 Å². The van der Waals surface area contributed by atoms with Gasteiger partial charge in [-0.25, -0.2) is 16.8 Å². The van der Waals surface area contributed by atoms with E-state index in [4.69, 9.17) is 0 Å². The van der Waals surface area contributed by atoms with E-state index in [0.29, 0.717) is 5.69 Å². The van der Waals surface area contributed by atoms with Crippen LogP contribution in [-0.4, -0.2) is 29.3 Å². The lowest BCUT2D eigenvalue weighted by atomic mass is 10.0. The van der Waals surface area contributed by atoms with E-state index in [2.05, 4.69) is 5.32 Å². The summed E-state index contributed by atoms with van der Waals surface area (Å²) in [7, 11) is -7.06. The molecule has 0 unspecified atom stereocenters. The maximum absolute atomic E-state index is 12.1. The molecule has 0 saturated carbocycles. The van der Waals surface area contributed by atoms with E-state index in [1.807, 2.05) is 38.1 Å². The van der Waals surface area contributed by atoms with Gasteiger partial charge in [-0.15, -0.1) is 0 Å². The monoisotopic (exact) mass is 367 g/mol. The van der Waals surface area contributed by atoms with Crippen LogP contribution in [-0.2, 0) is 19.7 Å². The van der Waals surface area contributed by atoms with E-state index >= 15 is 0 Å². The molecule has 130 valence electrons. The molecule has 0 bridgehead atoms. The fourth-order valence-corrected chi connectivity index (χ4v) is 4.13. The third kappa shape index (κ3) is 4.15. The Morgan fingerprint density at radius 1 is 0.917 bits per heavy atom. The molecular formula is C17H21NO4S2. The highest BCUT2D eigenvalue weighted by Crippen LogP contribution is 2.29. The second-order valence-electron chi connectivity index (χ2n) is 5.92. The van der Waals surface area contributed by atoms with Crippen molar-refractivity contribution in [3.63, 3.8) is 0 Å². The summed E-state index contributed by atoms with van der Waals surface area (Å²) in [5.74, 6) is 0. The highest BCUT2D eigenvalue weighted by molar-refractivity contribution is 7.91. The molecule has 0 radical (unpaired) electrons. The Labute approximate surface area is 143 Å².